The molecule has 180 valence electrons. The van der Waals surface area contributed by atoms with Crippen molar-refractivity contribution >= 4 is 23.5 Å². The number of ether oxygens (including phenoxy) is 1. The van der Waals surface area contributed by atoms with Crippen molar-refractivity contribution in [3.05, 3.63) is 41.5 Å². The quantitative estimate of drug-likeness (QED) is 0.338. The van der Waals surface area contributed by atoms with E-state index >= 15 is 0 Å². The number of benzene rings is 1. The standard InChI is InChI=1S/C26H36N2O5/c1-5-18-11-12-19-22(21(18)26(32)33-6-2)25(31)28(13-7-8-14-29)23(19)24(30)27-20-15-16(3)9-10-17(20)4/h9-12,15,18-19,21-23,29H,5-8,13-14H2,1-4H3,(H,27,30)/t18-,19+,21-,22+,23+/m1/s1. The minimum atomic E-state index is -0.716. The third-order valence-corrected chi connectivity index (χ3v) is 6.87. The lowest BCUT2D eigenvalue weighted by Crippen LogP contribution is -2.44. The number of amides is 2. The fraction of sp³-hybridized carbons (Fsp3) is 0.577. The number of esters is 1. The molecule has 0 saturated carbocycles. The summed E-state index contributed by atoms with van der Waals surface area (Å²) >= 11 is 0. The lowest BCUT2D eigenvalue weighted by atomic mass is 9.69. The third kappa shape index (κ3) is 5.13. The molecule has 7 heteroatoms. The number of rotatable bonds is 9. The number of fused-ring (bicyclic) bond motifs is 1. The normalized spacial score (nSPS) is 26.3. The van der Waals surface area contributed by atoms with Crippen LogP contribution in [0.4, 0.5) is 5.69 Å². The first-order chi connectivity index (χ1) is 15.8. The number of anilines is 1. The SMILES string of the molecule is CCOC(=O)[C@H]1[C@H]2C(=O)N(CCCCO)[C@H](C(=O)Nc3cc(C)ccc3C)[C@H]2C=C[C@H]1CC. The van der Waals surface area contributed by atoms with E-state index in [0.717, 1.165) is 16.8 Å². The van der Waals surface area contributed by atoms with Gasteiger partial charge < -0.3 is 20.1 Å². The first-order valence-corrected chi connectivity index (χ1v) is 12.0. The van der Waals surface area contributed by atoms with Gasteiger partial charge in [0.1, 0.15) is 6.04 Å². The number of likely N-dealkylation sites (tertiary alicyclic amines) is 1. The maximum absolute atomic E-state index is 13.6. The Morgan fingerprint density at radius 2 is 1.91 bits per heavy atom. The molecule has 0 bridgehead atoms. The number of carbonyl (C=O) groups is 3. The number of allylic oxidation sites excluding steroid dienone is 1. The highest BCUT2D eigenvalue weighted by Gasteiger charge is 2.57. The Hall–Kier alpha value is -2.67. The summed E-state index contributed by atoms with van der Waals surface area (Å²) in [7, 11) is 0. The molecule has 2 amide bonds. The van der Waals surface area contributed by atoms with Gasteiger partial charge in [-0.1, -0.05) is 31.2 Å². The Morgan fingerprint density at radius 3 is 2.58 bits per heavy atom. The molecule has 33 heavy (non-hydrogen) atoms. The van der Waals surface area contributed by atoms with Crippen molar-refractivity contribution in [3.8, 4) is 0 Å². The molecule has 1 heterocycles. The number of aliphatic hydroxyl groups excluding tert-OH is 1. The van der Waals surface area contributed by atoms with E-state index in [4.69, 9.17) is 4.74 Å². The second kappa shape index (κ2) is 11.0. The van der Waals surface area contributed by atoms with E-state index in [0.29, 0.717) is 25.8 Å². The highest BCUT2D eigenvalue weighted by molar-refractivity contribution is 6.02. The minimum absolute atomic E-state index is 0.0253. The summed E-state index contributed by atoms with van der Waals surface area (Å²) in [5.41, 5.74) is 2.69. The van der Waals surface area contributed by atoms with Crippen molar-refractivity contribution < 1.29 is 24.2 Å². The summed E-state index contributed by atoms with van der Waals surface area (Å²) in [6, 6.07) is 5.14. The van der Waals surface area contributed by atoms with Crippen LogP contribution < -0.4 is 5.32 Å². The maximum atomic E-state index is 13.6. The summed E-state index contributed by atoms with van der Waals surface area (Å²) in [5.74, 6) is -2.54. The van der Waals surface area contributed by atoms with Crippen molar-refractivity contribution in [3.63, 3.8) is 0 Å². The molecular weight excluding hydrogens is 420 g/mol. The average molecular weight is 457 g/mol. The largest absolute Gasteiger partial charge is 0.466 e. The van der Waals surface area contributed by atoms with Crippen molar-refractivity contribution in [2.75, 3.05) is 25.1 Å². The van der Waals surface area contributed by atoms with E-state index in [1.54, 1.807) is 11.8 Å². The molecule has 1 aliphatic carbocycles. The van der Waals surface area contributed by atoms with Gasteiger partial charge >= 0.3 is 5.97 Å². The molecule has 2 N–H and O–H groups in total. The molecule has 0 aromatic heterocycles. The van der Waals surface area contributed by atoms with Gasteiger partial charge in [-0.15, -0.1) is 0 Å². The Balaban J connectivity index is 1.97. The van der Waals surface area contributed by atoms with Crippen LogP contribution >= 0.6 is 0 Å². The summed E-state index contributed by atoms with van der Waals surface area (Å²) in [5, 5.41) is 12.3. The van der Waals surface area contributed by atoms with E-state index < -0.39 is 23.8 Å². The van der Waals surface area contributed by atoms with Gasteiger partial charge in [0, 0.05) is 24.8 Å². The third-order valence-electron chi connectivity index (χ3n) is 6.87. The highest BCUT2D eigenvalue weighted by Crippen LogP contribution is 2.45. The van der Waals surface area contributed by atoms with Crippen molar-refractivity contribution in [2.45, 2.75) is 53.0 Å². The van der Waals surface area contributed by atoms with Crippen LogP contribution in [0.15, 0.2) is 30.4 Å². The number of hydrogen-bond donors (Lipinski definition) is 2. The Bertz CT molecular complexity index is 912. The fourth-order valence-electron chi connectivity index (χ4n) is 5.16. The number of carbonyl (C=O) groups excluding carboxylic acids is 3. The molecule has 7 nitrogen and oxygen atoms in total. The second-order valence-electron chi connectivity index (χ2n) is 9.05. The van der Waals surface area contributed by atoms with E-state index in [1.165, 1.54) is 0 Å². The van der Waals surface area contributed by atoms with E-state index in [1.807, 2.05) is 51.1 Å². The molecule has 0 radical (unpaired) electrons. The van der Waals surface area contributed by atoms with Gasteiger partial charge in [0.2, 0.25) is 11.8 Å². The Morgan fingerprint density at radius 1 is 1.15 bits per heavy atom. The lowest BCUT2D eigenvalue weighted by Gasteiger charge is -2.33. The Kier molecular flexibility index (Phi) is 8.30. The minimum Gasteiger partial charge on any atom is -0.466 e. The predicted molar refractivity (Wildman–Crippen MR) is 126 cm³/mol. The van der Waals surface area contributed by atoms with Crippen LogP contribution in [0.1, 0.15) is 44.2 Å². The smallest absolute Gasteiger partial charge is 0.310 e. The van der Waals surface area contributed by atoms with Crippen LogP contribution in [0.2, 0.25) is 0 Å². The number of aliphatic hydroxyl groups is 1. The monoisotopic (exact) mass is 456 g/mol. The molecule has 0 spiro atoms. The van der Waals surface area contributed by atoms with Crippen LogP contribution in [-0.2, 0) is 19.1 Å². The van der Waals surface area contributed by atoms with E-state index in [2.05, 4.69) is 5.32 Å². The summed E-state index contributed by atoms with van der Waals surface area (Å²) in [6.07, 6.45) is 5.76. The van der Waals surface area contributed by atoms with Gasteiger partial charge in [-0.3, -0.25) is 14.4 Å². The Labute approximate surface area is 196 Å². The molecule has 2 aliphatic rings. The molecular formula is C26H36N2O5. The van der Waals surface area contributed by atoms with Gasteiger partial charge in [0.25, 0.3) is 0 Å². The lowest BCUT2D eigenvalue weighted by molar-refractivity contribution is -0.155. The molecule has 5 atom stereocenters. The summed E-state index contributed by atoms with van der Waals surface area (Å²) in [6.45, 7) is 8.27. The van der Waals surface area contributed by atoms with Gasteiger partial charge in [-0.2, -0.15) is 0 Å². The van der Waals surface area contributed by atoms with Crippen molar-refractivity contribution in [2.24, 2.45) is 23.7 Å². The molecule has 0 unspecified atom stereocenters. The fourth-order valence-corrected chi connectivity index (χ4v) is 5.16. The number of nitrogens with one attached hydrogen (secondary N) is 1. The van der Waals surface area contributed by atoms with Crippen molar-refractivity contribution in [1.29, 1.82) is 0 Å². The van der Waals surface area contributed by atoms with Crippen LogP contribution in [0, 0.1) is 37.5 Å². The zero-order valence-electron chi connectivity index (χ0n) is 20.0. The molecule has 3 rings (SSSR count). The summed E-state index contributed by atoms with van der Waals surface area (Å²) < 4.78 is 5.35. The number of hydrogen-bond acceptors (Lipinski definition) is 5. The first kappa shape index (κ1) is 25.0. The number of nitrogens with zero attached hydrogens (tertiary/aromatic N) is 1. The van der Waals surface area contributed by atoms with Crippen molar-refractivity contribution in [1.82, 2.24) is 4.90 Å². The number of unbranched alkanes of at least 4 members (excludes halogenated alkanes) is 1. The summed E-state index contributed by atoms with van der Waals surface area (Å²) in [4.78, 5) is 41.7. The average Bonchev–Trinajstić information content (AvgIpc) is 3.07. The van der Waals surface area contributed by atoms with Crippen LogP contribution in [0.25, 0.3) is 0 Å². The molecule has 1 aromatic carbocycles. The topological polar surface area (TPSA) is 95.9 Å². The van der Waals surface area contributed by atoms with Gasteiger partial charge in [0.05, 0.1) is 18.4 Å². The van der Waals surface area contributed by atoms with E-state index in [-0.39, 0.29) is 36.9 Å². The second-order valence-corrected chi connectivity index (χ2v) is 9.05. The number of aryl methyl sites for hydroxylation is 2. The first-order valence-electron chi connectivity index (χ1n) is 12.0. The van der Waals surface area contributed by atoms with Crippen LogP contribution in [0.3, 0.4) is 0 Å². The maximum Gasteiger partial charge on any atom is 0.310 e. The molecule has 1 fully saturated rings. The zero-order chi connectivity index (χ0) is 24.1. The van der Waals surface area contributed by atoms with Gasteiger partial charge in [-0.25, -0.2) is 0 Å². The zero-order valence-corrected chi connectivity index (χ0v) is 20.0. The van der Waals surface area contributed by atoms with E-state index in [9.17, 15) is 19.5 Å². The molecule has 1 aliphatic heterocycles. The molecule has 1 aromatic rings. The highest BCUT2D eigenvalue weighted by atomic mass is 16.5. The predicted octanol–water partition coefficient (Wildman–Crippen LogP) is 3.23. The van der Waals surface area contributed by atoms with Crippen LogP contribution in [0.5, 0.6) is 0 Å². The van der Waals surface area contributed by atoms with Gasteiger partial charge in [0.15, 0.2) is 0 Å². The molecule has 1 saturated heterocycles. The van der Waals surface area contributed by atoms with Crippen LogP contribution in [-0.4, -0.2) is 53.6 Å². The van der Waals surface area contributed by atoms with Gasteiger partial charge in [-0.05, 0) is 63.1 Å².